The van der Waals surface area contributed by atoms with E-state index >= 15 is 0 Å². The van der Waals surface area contributed by atoms with Crippen LogP contribution in [-0.4, -0.2) is 57.4 Å². The molecule has 1 aliphatic rings. The van der Waals surface area contributed by atoms with Crippen LogP contribution in [0.4, 0.5) is 4.79 Å². The zero-order valence-electron chi connectivity index (χ0n) is 13.8. The third-order valence-corrected chi connectivity index (χ3v) is 3.86. The van der Waals surface area contributed by atoms with Crippen LogP contribution in [0.3, 0.4) is 0 Å². The van der Waals surface area contributed by atoms with Gasteiger partial charge in [-0.1, -0.05) is 12.1 Å². The van der Waals surface area contributed by atoms with Gasteiger partial charge in [-0.05, 0) is 29.7 Å². The number of carbonyl (C=O) groups excluding carboxylic acids is 3. The first-order valence-electron chi connectivity index (χ1n) is 7.33. The van der Waals surface area contributed by atoms with Crippen molar-refractivity contribution in [2.45, 2.75) is 6.42 Å². The molecule has 0 saturated heterocycles. The molecule has 0 unspecified atom stereocenters. The number of hydrogen-bond acceptors (Lipinski definition) is 6. The van der Waals surface area contributed by atoms with Gasteiger partial charge in [-0.3, -0.25) is 0 Å². The Hall–Kier alpha value is -2.83. The summed E-state index contributed by atoms with van der Waals surface area (Å²) in [5, 5.41) is 0. The minimum absolute atomic E-state index is 0.118. The van der Waals surface area contributed by atoms with Crippen molar-refractivity contribution in [3.8, 4) is 0 Å². The fourth-order valence-corrected chi connectivity index (χ4v) is 2.60. The van der Waals surface area contributed by atoms with Crippen LogP contribution in [0.2, 0.25) is 0 Å². The van der Waals surface area contributed by atoms with E-state index in [1.54, 1.807) is 24.3 Å². The zero-order valence-corrected chi connectivity index (χ0v) is 13.8. The summed E-state index contributed by atoms with van der Waals surface area (Å²) in [7, 11) is 3.91. The maximum absolute atomic E-state index is 12.1. The van der Waals surface area contributed by atoms with Crippen LogP contribution in [0, 0.1) is 0 Å². The molecule has 24 heavy (non-hydrogen) atoms. The molecule has 1 amide bonds. The molecule has 2 rings (SSSR count). The van der Waals surface area contributed by atoms with Gasteiger partial charge < -0.3 is 19.1 Å². The van der Waals surface area contributed by atoms with Crippen molar-refractivity contribution < 1.29 is 28.6 Å². The molecule has 0 spiro atoms. The summed E-state index contributed by atoms with van der Waals surface area (Å²) < 4.78 is 14.2. The average Bonchev–Trinajstić information content (AvgIpc) is 2.65. The van der Waals surface area contributed by atoms with E-state index in [9.17, 15) is 14.4 Å². The van der Waals surface area contributed by atoms with Gasteiger partial charge in [-0.25, -0.2) is 14.4 Å². The molecular weight excluding hydrogens is 314 g/mol. The van der Waals surface area contributed by atoms with Crippen molar-refractivity contribution in [3.63, 3.8) is 0 Å². The number of benzene rings is 1. The van der Waals surface area contributed by atoms with E-state index in [-0.39, 0.29) is 6.54 Å². The van der Waals surface area contributed by atoms with Gasteiger partial charge in [0.05, 0.1) is 39.0 Å². The smallest absolute Gasteiger partial charge is 0.409 e. The van der Waals surface area contributed by atoms with Gasteiger partial charge in [0.25, 0.3) is 0 Å². The lowest BCUT2D eigenvalue weighted by Gasteiger charge is -2.29. The number of nitrogens with zero attached hydrogens (tertiary/aromatic N) is 1. The van der Waals surface area contributed by atoms with E-state index in [1.165, 1.54) is 26.2 Å². The second-order valence-electron chi connectivity index (χ2n) is 5.16. The third kappa shape index (κ3) is 3.56. The molecule has 7 nitrogen and oxygen atoms in total. The normalized spacial score (nSPS) is 14.2. The standard InChI is InChI=1S/C17H19NO6/c1-22-15(19)12-6-4-11(5-7-12)13-8-9-18(17(21)24-3)10-14(13)16(20)23-2/h4-7H,8-10H2,1-3H3. The second kappa shape index (κ2) is 7.63. The van der Waals surface area contributed by atoms with Gasteiger partial charge in [0.1, 0.15) is 0 Å². The molecule has 0 saturated carbocycles. The molecule has 1 aromatic rings. The van der Waals surface area contributed by atoms with Crippen LogP contribution in [0.25, 0.3) is 5.57 Å². The van der Waals surface area contributed by atoms with Gasteiger partial charge in [-0.15, -0.1) is 0 Å². The molecule has 0 aliphatic carbocycles. The lowest BCUT2D eigenvalue weighted by atomic mass is 9.93. The molecular formula is C17H19NO6. The largest absolute Gasteiger partial charge is 0.466 e. The van der Waals surface area contributed by atoms with Crippen LogP contribution in [0.1, 0.15) is 22.3 Å². The third-order valence-electron chi connectivity index (χ3n) is 3.86. The summed E-state index contributed by atoms with van der Waals surface area (Å²) in [6, 6.07) is 6.77. The molecule has 0 aromatic heterocycles. The molecule has 1 heterocycles. The first kappa shape index (κ1) is 17.5. The Morgan fingerprint density at radius 3 is 2.08 bits per heavy atom. The number of esters is 2. The number of hydrogen-bond donors (Lipinski definition) is 0. The monoisotopic (exact) mass is 333 g/mol. The summed E-state index contributed by atoms with van der Waals surface area (Å²) in [5.74, 6) is -0.917. The van der Waals surface area contributed by atoms with E-state index in [0.717, 1.165) is 11.1 Å². The lowest BCUT2D eigenvalue weighted by molar-refractivity contribution is -0.136. The van der Waals surface area contributed by atoms with Crippen LogP contribution >= 0.6 is 0 Å². The highest BCUT2D eigenvalue weighted by Crippen LogP contribution is 2.29. The van der Waals surface area contributed by atoms with E-state index in [1.807, 2.05) is 0 Å². The summed E-state index contributed by atoms with van der Waals surface area (Å²) in [6.45, 7) is 0.550. The summed E-state index contributed by atoms with van der Waals surface area (Å²) >= 11 is 0. The maximum atomic E-state index is 12.1. The number of amides is 1. The predicted molar refractivity (Wildman–Crippen MR) is 85.3 cm³/mol. The fraction of sp³-hybridized carbons (Fsp3) is 0.353. The van der Waals surface area contributed by atoms with E-state index in [0.29, 0.717) is 24.1 Å². The highest BCUT2D eigenvalue weighted by Gasteiger charge is 2.28. The molecule has 1 aliphatic heterocycles. The van der Waals surface area contributed by atoms with E-state index in [2.05, 4.69) is 4.74 Å². The second-order valence-corrected chi connectivity index (χ2v) is 5.16. The zero-order chi connectivity index (χ0) is 17.7. The van der Waals surface area contributed by atoms with Gasteiger partial charge in [0.2, 0.25) is 0 Å². The predicted octanol–water partition coefficient (Wildman–Crippen LogP) is 1.87. The number of ether oxygens (including phenoxy) is 3. The summed E-state index contributed by atoms with van der Waals surface area (Å²) in [4.78, 5) is 36.7. The first-order valence-corrected chi connectivity index (χ1v) is 7.33. The van der Waals surface area contributed by atoms with Crippen molar-refractivity contribution in [1.29, 1.82) is 0 Å². The Kier molecular flexibility index (Phi) is 5.57. The SMILES string of the molecule is COC(=O)C1=C(c2ccc(C(=O)OC)cc2)CCN(C(=O)OC)C1. The van der Waals surface area contributed by atoms with Crippen molar-refractivity contribution in [3.05, 3.63) is 41.0 Å². The summed E-state index contributed by atoms with van der Waals surface area (Å²) in [5.41, 5.74) is 2.42. The van der Waals surface area contributed by atoms with Crippen LogP contribution in [0.5, 0.6) is 0 Å². The van der Waals surface area contributed by atoms with Crippen molar-refractivity contribution in [2.75, 3.05) is 34.4 Å². The molecule has 0 fully saturated rings. The number of rotatable bonds is 3. The number of carbonyl (C=O) groups is 3. The molecule has 7 heteroatoms. The molecule has 128 valence electrons. The molecule has 0 bridgehead atoms. The fourth-order valence-electron chi connectivity index (χ4n) is 2.60. The molecule has 1 aromatic carbocycles. The Balaban J connectivity index is 2.36. The Morgan fingerprint density at radius 2 is 1.54 bits per heavy atom. The van der Waals surface area contributed by atoms with Gasteiger partial charge in [0.15, 0.2) is 0 Å². The molecule has 0 N–H and O–H groups in total. The van der Waals surface area contributed by atoms with Gasteiger partial charge in [-0.2, -0.15) is 0 Å². The highest BCUT2D eigenvalue weighted by molar-refractivity contribution is 5.99. The quantitative estimate of drug-likeness (QED) is 0.620. The Labute approximate surface area is 139 Å². The van der Waals surface area contributed by atoms with Crippen molar-refractivity contribution in [2.24, 2.45) is 0 Å². The maximum Gasteiger partial charge on any atom is 0.409 e. The van der Waals surface area contributed by atoms with E-state index < -0.39 is 18.0 Å². The van der Waals surface area contributed by atoms with E-state index in [4.69, 9.17) is 9.47 Å². The number of methoxy groups -OCH3 is 3. The van der Waals surface area contributed by atoms with Crippen molar-refractivity contribution >= 4 is 23.6 Å². The van der Waals surface area contributed by atoms with Gasteiger partial charge in [0, 0.05) is 6.54 Å². The molecule has 0 atom stereocenters. The first-order chi connectivity index (χ1) is 11.5. The lowest BCUT2D eigenvalue weighted by Crippen LogP contribution is -2.38. The average molecular weight is 333 g/mol. The minimum atomic E-state index is -0.490. The highest BCUT2D eigenvalue weighted by atomic mass is 16.5. The topological polar surface area (TPSA) is 82.1 Å². The van der Waals surface area contributed by atoms with Crippen LogP contribution < -0.4 is 0 Å². The molecule has 0 radical (unpaired) electrons. The van der Waals surface area contributed by atoms with Crippen LogP contribution in [0.15, 0.2) is 29.8 Å². The van der Waals surface area contributed by atoms with Crippen LogP contribution in [-0.2, 0) is 19.0 Å². The summed E-state index contributed by atoms with van der Waals surface area (Å²) in [6.07, 6.45) is -0.00612. The van der Waals surface area contributed by atoms with Gasteiger partial charge >= 0.3 is 18.0 Å². The Morgan fingerprint density at radius 1 is 0.917 bits per heavy atom. The Bertz CT molecular complexity index is 677. The minimum Gasteiger partial charge on any atom is -0.466 e. The van der Waals surface area contributed by atoms with Crippen molar-refractivity contribution in [1.82, 2.24) is 4.90 Å².